The van der Waals surface area contributed by atoms with E-state index < -0.39 is 31.0 Å². The highest BCUT2D eigenvalue weighted by atomic mass is 32.2. The molecule has 1 aromatic heterocycles. The lowest BCUT2D eigenvalue weighted by Crippen LogP contribution is -2.33. The van der Waals surface area contributed by atoms with Gasteiger partial charge in [0, 0.05) is 19.9 Å². The second-order valence-electron chi connectivity index (χ2n) is 5.81. The fraction of sp³-hybridized carbons (Fsp3) is 0.294. The summed E-state index contributed by atoms with van der Waals surface area (Å²) >= 11 is 4.49. The number of esters is 1. The smallest absolute Gasteiger partial charge is 0.348 e. The Morgan fingerprint density at radius 3 is 2.54 bits per heavy atom. The van der Waals surface area contributed by atoms with Gasteiger partial charge in [-0.15, -0.1) is 34.9 Å². The third-order valence-electron chi connectivity index (χ3n) is 3.90. The second-order valence-corrected chi connectivity index (χ2v) is 9.31. The number of aliphatic carboxylic acids is 2. The summed E-state index contributed by atoms with van der Waals surface area (Å²) in [5.74, 6) is -2.89. The first kappa shape index (κ1) is 20.3. The summed E-state index contributed by atoms with van der Waals surface area (Å²) in [6, 6.07) is 3.66. The Labute approximate surface area is 172 Å². The summed E-state index contributed by atoms with van der Waals surface area (Å²) in [7, 11) is 1.22. The van der Waals surface area contributed by atoms with Gasteiger partial charge in [0.05, 0.1) is 17.4 Å². The molecule has 0 aromatic carbocycles. The molecule has 2 aliphatic rings. The number of carbonyl (C=O) groups excluding carboxylic acids is 1. The van der Waals surface area contributed by atoms with Gasteiger partial charge in [-0.05, 0) is 12.1 Å². The Bertz CT molecular complexity index is 929. The number of carboxylic acids is 2. The van der Waals surface area contributed by atoms with Crippen LogP contribution in [0.5, 0.6) is 0 Å². The zero-order chi connectivity index (χ0) is 20.4. The van der Waals surface area contributed by atoms with Gasteiger partial charge in [-0.1, -0.05) is 6.08 Å². The zero-order valence-electron chi connectivity index (χ0n) is 14.4. The van der Waals surface area contributed by atoms with E-state index >= 15 is 0 Å². The maximum atomic E-state index is 11.6. The average molecular weight is 439 g/mol. The second kappa shape index (κ2) is 8.30. The molecule has 146 valence electrons. The number of carboxylic acid groups (broad SMARTS) is 2. The zero-order valence-corrected chi connectivity index (χ0v) is 16.9. The molecule has 0 saturated carbocycles. The SMILES string of the molecule is COC(=O)/C(C#N)=C/C1=CC2Sc3cc(N(CC(=O)O)CC(=O)O)sc3C2S1. The van der Waals surface area contributed by atoms with Crippen LogP contribution in [0.3, 0.4) is 0 Å². The summed E-state index contributed by atoms with van der Waals surface area (Å²) in [5, 5.41) is 28.0. The topological polar surface area (TPSA) is 128 Å². The van der Waals surface area contributed by atoms with Crippen LogP contribution in [0.1, 0.15) is 10.1 Å². The molecule has 28 heavy (non-hydrogen) atoms. The molecule has 3 rings (SSSR count). The van der Waals surface area contributed by atoms with Crippen molar-refractivity contribution in [1.82, 2.24) is 0 Å². The molecule has 2 aliphatic heterocycles. The number of carbonyl (C=O) groups is 3. The normalized spacial score (nSPS) is 20.0. The molecule has 0 saturated heterocycles. The van der Waals surface area contributed by atoms with Crippen LogP contribution in [0.15, 0.2) is 33.6 Å². The van der Waals surface area contributed by atoms with Crippen LogP contribution in [0, 0.1) is 11.3 Å². The lowest BCUT2D eigenvalue weighted by molar-refractivity contribution is -0.137. The highest BCUT2D eigenvalue weighted by molar-refractivity contribution is 8.07. The van der Waals surface area contributed by atoms with E-state index in [4.69, 9.17) is 15.5 Å². The number of methoxy groups -OCH3 is 1. The molecule has 0 fully saturated rings. The van der Waals surface area contributed by atoms with E-state index in [9.17, 15) is 14.4 Å². The third kappa shape index (κ3) is 4.19. The van der Waals surface area contributed by atoms with Gasteiger partial charge in [0.25, 0.3) is 0 Å². The van der Waals surface area contributed by atoms with Crippen LogP contribution in [-0.4, -0.2) is 53.6 Å². The summed E-state index contributed by atoms with van der Waals surface area (Å²) in [5.41, 5.74) is -0.0765. The highest BCUT2D eigenvalue weighted by Gasteiger charge is 2.40. The molecule has 0 aliphatic carbocycles. The van der Waals surface area contributed by atoms with E-state index in [-0.39, 0.29) is 16.1 Å². The Morgan fingerprint density at radius 1 is 1.29 bits per heavy atom. The van der Waals surface area contributed by atoms with Crippen molar-refractivity contribution in [2.24, 2.45) is 0 Å². The van der Waals surface area contributed by atoms with Gasteiger partial charge in [0.15, 0.2) is 0 Å². The van der Waals surface area contributed by atoms with E-state index in [1.165, 1.54) is 41.2 Å². The highest BCUT2D eigenvalue weighted by Crippen LogP contribution is 2.61. The molecule has 11 heteroatoms. The summed E-state index contributed by atoms with van der Waals surface area (Å²) in [6.45, 7) is -0.789. The van der Waals surface area contributed by atoms with Crippen LogP contribution in [0.25, 0.3) is 0 Å². The molecule has 0 amide bonds. The van der Waals surface area contributed by atoms with E-state index in [1.807, 2.05) is 18.2 Å². The number of allylic oxidation sites excluding steroid dienone is 1. The van der Waals surface area contributed by atoms with Gasteiger partial charge in [0.1, 0.15) is 24.7 Å². The van der Waals surface area contributed by atoms with Gasteiger partial charge in [-0.3, -0.25) is 9.59 Å². The van der Waals surface area contributed by atoms with Crippen LogP contribution in [-0.2, 0) is 19.1 Å². The minimum absolute atomic E-state index is 0.0686. The van der Waals surface area contributed by atoms with E-state index in [1.54, 1.807) is 11.8 Å². The Morgan fingerprint density at radius 2 is 1.96 bits per heavy atom. The van der Waals surface area contributed by atoms with Crippen LogP contribution in [0.2, 0.25) is 0 Å². The Kier molecular flexibility index (Phi) is 6.02. The number of hydrogen-bond donors (Lipinski definition) is 2. The van der Waals surface area contributed by atoms with E-state index in [0.29, 0.717) is 5.00 Å². The minimum Gasteiger partial charge on any atom is -0.480 e. The van der Waals surface area contributed by atoms with Crippen molar-refractivity contribution < 1.29 is 29.3 Å². The van der Waals surface area contributed by atoms with Crippen LogP contribution in [0.4, 0.5) is 5.00 Å². The van der Waals surface area contributed by atoms with Crippen molar-refractivity contribution in [2.75, 3.05) is 25.1 Å². The molecule has 0 radical (unpaired) electrons. The largest absolute Gasteiger partial charge is 0.480 e. The molecule has 0 spiro atoms. The first-order valence-electron chi connectivity index (χ1n) is 7.90. The van der Waals surface area contributed by atoms with Crippen molar-refractivity contribution in [3.63, 3.8) is 0 Å². The molecule has 8 nitrogen and oxygen atoms in total. The van der Waals surface area contributed by atoms with Crippen LogP contribution >= 0.6 is 34.9 Å². The van der Waals surface area contributed by atoms with Crippen LogP contribution < -0.4 is 4.90 Å². The molecule has 2 N–H and O–H groups in total. The van der Waals surface area contributed by atoms with Crippen molar-refractivity contribution in [3.8, 4) is 6.07 Å². The number of fused-ring (bicyclic) bond motifs is 3. The molecular weight excluding hydrogens is 424 g/mol. The lowest BCUT2D eigenvalue weighted by Gasteiger charge is -2.18. The number of thiophene rings is 1. The number of ether oxygens (including phenoxy) is 1. The molecular formula is C17H14N2O6S3. The maximum Gasteiger partial charge on any atom is 0.348 e. The van der Waals surface area contributed by atoms with Gasteiger partial charge >= 0.3 is 17.9 Å². The maximum absolute atomic E-state index is 11.6. The van der Waals surface area contributed by atoms with Crippen molar-refractivity contribution in [1.29, 1.82) is 5.26 Å². The number of thioether (sulfide) groups is 2. The number of anilines is 1. The fourth-order valence-corrected chi connectivity index (χ4v) is 7.42. The molecule has 3 heterocycles. The van der Waals surface area contributed by atoms with Gasteiger partial charge in [-0.2, -0.15) is 5.26 Å². The predicted molar refractivity (Wildman–Crippen MR) is 106 cm³/mol. The number of rotatable bonds is 7. The molecule has 0 bridgehead atoms. The predicted octanol–water partition coefficient (Wildman–Crippen LogP) is 2.49. The quantitative estimate of drug-likeness (QED) is 0.372. The van der Waals surface area contributed by atoms with Crippen molar-refractivity contribution in [3.05, 3.63) is 33.6 Å². The third-order valence-corrected chi connectivity index (χ3v) is 8.21. The Hall–Kier alpha value is -2.42. The van der Waals surface area contributed by atoms with Crippen molar-refractivity contribution in [2.45, 2.75) is 15.4 Å². The van der Waals surface area contributed by atoms with Gasteiger partial charge in [0.2, 0.25) is 0 Å². The summed E-state index contributed by atoms with van der Waals surface area (Å²) in [4.78, 5) is 37.8. The minimum atomic E-state index is -1.10. The first-order valence-corrected chi connectivity index (χ1v) is 10.5. The molecule has 2 unspecified atom stereocenters. The average Bonchev–Trinajstić information content (AvgIpc) is 3.27. The van der Waals surface area contributed by atoms with Gasteiger partial charge < -0.3 is 19.8 Å². The van der Waals surface area contributed by atoms with E-state index in [2.05, 4.69) is 4.74 Å². The number of hydrogen-bond acceptors (Lipinski definition) is 9. The number of nitriles is 1. The molecule has 2 atom stereocenters. The summed E-state index contributed by atoms with van der Waals surface area (Å²) in [6.07, 6.45) is 3.49. The van der Waals surface area contributed by atoms with E-state index in [0.717, 1.165) is 14.7 Å². The van der Waals surface area contributed by atoms with Gasteiger partial charge in [-0.25, -0.2) is 4.79 Å². The standard InChI is InChI=1S/C17H14N2O6S3/c1-25-17(24)8(5-18)2-9-3-10-15(26-9)16-11(27-10)4-12(28-16)19(6-13(20)21)7-14(22)23/h2-4,10,15H,6-7H2,1H3,(H,20,21)(H,22,23)/b8-2+. The first-order chi connectivity index (χ1) is 13.3. The number of nitrogens with zero attached hydrogens (tertiary/aromatic N) is 2. The fourth-order valence-electron chi connectivity index (χ4n) is 2.78. The Balaban J connectivity index is 1.79. The lowest BCUT2D eigenvalue weighted by atomic mass is 10.2. The van der Waals surface area contributed by atoms with Crippen molar-refractivity contribution >= 4 is 57.8 Å². The monoisotopic (exact) mass is 438 g/mol. The summed E-state index contributed by atoms with van der Waals surface area (Å²) < 4.78 is 4.59. The molecule has 1 aromatic rings.